The lowest BCUT2D eigenvalue weighted by Gasteiger charge is -2.63. The monoisotopic (exact) mass is 521 g/mol. The Hall–Kier alpha value is -1.54. The Balaban J connectivity index is 0.00000218. The number of guanidine groups is 1. The van der Waals surface area contributed by atoms with Gasteiger partial charge in [0.15, 0.2) is 5.96 Å². The van der Waals surface area contributed by atoms with Gasteiger partial charge in [-0.05, 0) is 43.9 Å². The normalized spacial score (nSPS) is 27.4. The SMILES string of the molecule is CC(NC(=NCCc1ccco1)NC1C2CCOC2C12CCC2)c1ccccc1.I. The highest BCUT2D eigenvalue weighted by Gasteiger charge is 2.66. The minimum atomic E-state index is 0. The van der Waals surface area contributed by atoms with E-state index >= 15 is 0 Å². The summed E-state index contributed by atoms with van der Waals surface area (Å²) < 4.78 is 11.6. The Bertz CT molecular complexity index is 835. The molecule has 0 amide bonds. The number of ether oxygens (including phenoxy) is 1. The minimum Gasteiger partial charge on any atom is -0.469 e. The summed E-state index contributed by atoms with van der Waals surface area (Å²) in [5.74, 6) is 2.52. The fourth-order valence-corrected chi connectivity index (χ4v) is 5.50. The van der Waals surface area contributed by atoms with Gasteiger partial charge in [-0.1, -0.05) is 36.8 Å². The van der Waals surface area contributed by atoms with E-state index < -0.39 is 0 Å². The highest BCUT2D eigenvalue weighted by atomic mass is 127. The van der Waals surface area contributed by atoms with Crippen LogP contribution in [0.25, 0.3) is 0 Å². The van der Waals surface area contributed by atoms with Crippen LogP contribution in [0, 0.1) is 11.3 Å². The summed E-state index contributed by atoms with van der Waals surface area (Å²) in [6.07, 6.45) is 8.04. The molecule has 1 aromatic carbocycles. The number of rotatable bonds is 6. The molecule has 2 aromatic rings. The largest absolute Gasteiger partial charge is 0.469 e. The molecule has 30 heavy (non-hydrogen) atoms. The van der Waals surface area contributed by atoms with Gasteiger partial charge in [0.2, 0.25) is 0 Å². The number of benzene rings is 1. The Morgan fingerprint density at radius 3 is 2.73 bits per heavy atom. The van der Waals surface area contributed by atoms with Crippen molar-refractivity contribution in [3.63, 3.8) is 0 Å². The van der Waals surface area contributed by atoms with Crippen molar-refractivity contribution in [3.05, 3.63) is 60.1 Å². The van der Waals surface area contributed by atoms with Crippen LogP contribution in [-0.4, -0.2) is 31.3 Å². The van der Waals surface area contributed by atoms with Crippen molar-refractivity contribution in [1.82, 2.24) is 10.6 Å². The predicted molar refractivity (Wildman–Crippen MR) is 129 cm³/mol. The van der Waals surface area contributed by atoms with Crippen molar-refractivity contribution in [3.8, 4) is 0 Å². The standard InChI is InChI=1S/C24H31N3O2.HI/c1-17(18-7-3-2-4-8-18)26-23(25-14-10-19-9-5-15-28-19)27-21-20-11-16-29-22(20)24(21)12-6-13-24;/h2-5,7-9,15,17,20-22H,6,10-14,16H2,1H3,(H2,25,26,27);1H. The zero-order chi connectivity index (χ0) is 19.7. The number of furan rings is 1. The van der Waals surface area contributed by atoms with Crippen molar-refractivity contribution in [2.45, 2.75) is 57.2 Å². The van der Waals surface area contributed by atoms with Crippen LogP contribution < -0.4 is 10.6 Å². The Morgan fingerprint density at radius 1 is 1.20 bits per heavy atom. The van der Waals surface area contributed by atoms with Crippen LogP contribution in [0.3, 0.4) is 0 Å². The van der Waals surface area contributed by atoms with Crippen molar-refractivity contribution < 1.29 is 9.15 Å². The molecule has 4 unspecified atom stereocenters. The van der Waals surface area contributed by atoms with Gasteiger partial charge < -0.3 is 19.8 Å². The summed E-state index contributed by atoms with van der Waals surface area (Å²) in [6, 6.07) is 15.2. The van der Waals surface area contributed by atoms with E-state index in [1.807, 2.05) is 12.1 Å². The summed E-state index contributed by atoms with van der Waals surface area (Å²) in [7, 11) is 0. The van der Waals surface area contributed by atoms with Crippen LogP contribution >= 0.6 is 24.0 Å². The van der Waals surface area contributed by atoms with E-state index in [2.05, 4.69) is 47.9 Å². The molecule has 2 saturated carbocycles. The minimum absolute atomic E-state index is 0. The van der Waals surface area contributed by atoms with Crippen LogP contribution in [-0.2, 0) is 11.2 Å². The van der Waals surface area contributed by atoms with Crippen molar-refractivity contribution in [2.24, 2.45) is 16.3 Å². The van der Waals surface area contributed by atoms with Crippen molar-refractivity contribution >= 4 is 29.9 Å². The van der Waals surface area contributed by atoms with Crippen LogP contribution in [0.1, 0.15) is 50.0 Å². The Labute approximate surface area is 196 Å². The number of hydrogen-bond acceptors (Lipinski definition) is 3. The van der Waals surface area contributed by atoms with Crippen molar-refractivity contribution in [1.29, 1.82) is 0 Å². The highest BCUT2D eigenvalue weighted by molar-refractivity contribution is 14.0. The molecule has 1 aromatic heterocycles. The van der Waals surface area contributed by atoms with Gasteiger partial charge in [-0.2, -0.15) is 0 Å². The first-order valence-corrected chi connectivity index (χ1v) is 11.0. The lowest BCUT2D eigenvalue weighted by molar-refractivity contribution is -0.171. The van der Waals surface area contributed by atoms with Gasteiger partial charge in [0.05, 0.1) is 18.4 Å². The average Bonchev–Trinajstić information content (AvgIpc) is 3.36. The summed E-state index contributed by atoms with van der Waals surface area (Å²) in [5, 5.41) is 7.47. The summed E-state index contributed by atoms with van der Waals surface area (Å²) >= 11 is 0. The summed E-state index contributed by atoms with van der Waals surface area (Å²) in [5.41, 5.74) is 1.60. The molecule has 0 bridgehead atoms. The first kappa shape index (κ1) is 21.7. The third kappa shape index (κ3) is 4.00. The van der Waals surface area contributed by atoms with Crippen molar-refractivity contribution in [2.75, 3.05) is 13.2 Å². The average molecular weight is 521 g/mol. The first-order valence-electron chi connectivity index (χ1n) is 11.0. The molecular weight excluding hydrogens is 489 g/mol. The first-order chi connectivity index (χ1) is 14.3. The topological polar surface area (TPSA) is 58.8 Å². The molecule has 1 saturated heterocycles. The molecule has 3 aliphatic rings. The van der Waals surface area contributed by atoms with E-state index in [-0.39, 0.29) is 30.0 Å². The van der Waals surface area contributed by atoms with Gasteiger partial charge in [-0.15, -0.1) is 24.0 Å². The van der Waals surface area contributed by atoms with Gasteiger partial charge in [0, 0.05) is 36.9 Å². The molecule has 2 N–H and O–H groups in total. The van der Waals surface area contributed by atoms with Crippen LogP contribution in [0.2, 0.25) is 0 Å². The van der Waals surface area contributed by atoms with E-state index in [1.165, 1.54) is 24.8 Å². The number of aliphatic imine (C=N–C) groups is 1. The van der Waals surface area contributed by atoms with E-state index in [9.17, 15) is 0 Å². The van der Waals surface area contributed by atoms with E-state index in [1.54, 1.807) is 6.26 Å². The van der Waals surface area contributed by atoms with Gasteiger partial charge in [0.1, 0.15) is 5.76 Å². The van der Waals surface area contributed by atoms with Crippen LogP contribution in [0.5, 0.6) is 0 Å². The summed E-state index contributed by atoms with van der Waals surface area (Å²) in [4.78, 5) is 4.92. The number of nitrogens with zero attached hydrogens (tertiary/aromatic N) is 1. The molecule has 1 spiro atoms. The lowest BCUT2D eigenvalue weighted by atomic mass is 9.46. The molecular formula is C24H32IN3O2. The summed E-state index contributed by atoms with van der Waals surface area (Å²) in [6.45, 7) is 3.81. The molecule has 5 rings (SSSR count). The van der Waals surface area contributed by atoms with Gasteiger partial charge in [-0.25, -0.2) is 0 Å². The number of hydrogen-bond donors (Lipinski definition) is 2. The molecule has 162 valence electrons. The zero-order valence-corrected chi connectivity index (χ0v) is 19.9. The number of fused-ring (bicyclic) bond motifs is 2. The second-order valence-electron chi connectivity index (χ2n) is 8.79. The maximum Gasteiger partial charge on any atom is 0.191 e. The molecule has 0 radical (unpaired) electrons. The third-order valence-corrected chi connectivity index (χ3v) is 7.19. The maximum atomic E-state index is 6.09. The second-order valence-corrected chi connectivity index (χ2v) is 8.79. The number of nitrogens with one attached hydrogen (secondary N) is 2. The molecule has 4 atom stereocenters. The molecule has 2 aliphatic carbocycles. The molecule has 3 fully saturated rings. The lowest BCUT2D eigenvalue weighted by Crippen LogP contribution is -2.72. The predicted octanol–water partition coefficient (Wildman–Crippen LogP) is 4.69. The zero-order valence-electron chi connectivity index (χ0n) is 17.5. The fourth-order valence-electron chi connectivity index (χ4n) is 5.50. The molecule has 5 nitrogen and oxygen atoms in total. The van der Waals surface area contributed by atoms with Crippen LogP contribution in [0.15, 0.2) is 58.1 Å². The fraction of sp³-hybridized carbons (Fsp3) is 0.542. The molecule has 1 aliphatic heterocycles. The number of halogens is 1. The highest BCUT2D eigenvalue weighted by Crippen LogP contribution is 2.62. The Morgan fingerprint density at radius 2 is 2.03 bits per heavy atom. The van der Waals surface area contributed by atoms with Gasteiger partial charge in [0.25, 0.3) is 0 Å². The van der Waals surface area contributed by atoms with Gasteiger partial charge >= 0.3 is 0 Å². The smallest absolute Gasteiger partial charge is 0.191 e. The molecule has 6 heteroatoms. The van der Waals surface area contributed by atoms with Crippen LogP contribution in [0.4, 0.5) is 0 Å². The second kappa shape index (κ2) is 9.30. The third-order valence-electron chi connectivity index (χ3n) is 7.19. The molecule has 2 heterocycles. The van der Waals surface area contributed by atoms with E-state index in [0.717, 1.165) is 31.2 Å². The van der Waals surface area contributed by atoms with E-state index in [0.29, 0.717) is 30.0 Å². The maximum absolute atomic E-state index is 6.09. The van der Waals surface area contributed by atoms with E-state index in [4.69, 9.17) is 14.1 Å². The Kier molecular flexibility index (Phi) is 6.72. The quantitative estimate of drug-likeness (QED) is 0.329. The van der Waals surface area contributed by atoms with Gasteiger partial charge in [-0.3, -0.25) is 4.99 Å².